The Morgan fingerprint density at radius 2 is 2.21 bits per heavy atom. The van der Waals surface area contributed by atoms with Gasteiger partial charge in [-0.2, -0.15) is 0 Å². The fraction of sp³-hybridized carbons (Fsp3) is 0.200. The van der Waals surface area contributed by atoms with Gasteiger partial charge in [-0.1, -0.05) is 11.6 Å². The number of benzene rings is 1. The molecule has 0 saturated carbocycles. The van der Waals surface area contributed by atoms with E-state index in [2.05, 4.69) is 0 Å². The summed E-state index contributed by atoms with van der Waals surface area (Å²) in [6, 6.07) is 2.65. The Labute approximate surface area is 85.4 Å². The van der Waals surface area contributed by atoms with Crippen molar-refractivity contribution in [2.45, 2.75) is 6.42 Å². The molecule has 2 N–H and O–H groups in total. The summed E-state index contributed by atoms with van der Waals surface area (Å²) >= 11 is 5.81. The van der Waals surface area contributed by atoms with Crippen molar-refractivity contribution in [2.75, 3.05) is 6.54 Å². The van der Waals surface area contributed by atoms with Crippen molar-refractivity contribution in [2.24, 2.45) is 5.73 Å². The molecule has 14 heavy (non-hydrogen) atoms. The molecule has 2 rings (SSSR count). The van der Waals surface area contributed by atoms with E-state index in [1.165, 1.54) is 12.1 Å². The second kappa shape index (κ2) is 3.59. The van der Waals surface area contributed by atoms with E-state index in [-0.39, 0.29) is 5.82 Å². The molecule has 0 aliphatic rings. The summed E-state index contributed by atoms with van der Waals surface area (Å²) in [5.74, 6) is -0.359. The highest BCUT2D eigenvalue weighted by molar-refractivity contribution is 6.34. The maximum Gasteiger partial charge on any atom is 0.152 e. The minimum Gasteiger partial charge on any atom is -0.462 e. The van der Waals surface area contributed by atoms with Crippen LogP contribution in [0.25, 0.3) is 11.0 Å². The van der Waals surface area contributed by atoms with E-state index >= 15 is 0 Å². The van der Waals surface area contributed by atoms with Crippen LogP contribution in [0.2, 0.25) is 5.02 Å². The lowest BCUT2D eigenvalue weighted by atomic mass is 10.1. The Balaban J connectivity index is 2.66. The summed E-state index contributed by atoms with van der Waals surface area (Å²) in [5, 5.41) is 1.00. The minimum absolute atomic E-state index is 0.295. The van der Waals surface area contributed by atoms with Crippen molar-refractivity contribution in [3.63, 3.8) is 0 Å². The Hall–Kier alpha value is -1.06. The Morgan fingerprint density at radius 3 is 2.93 bits per heavy atom. The van der Waals surface area contributed by atoms with Gasteiger partial charge in [0.1, 0.15) is 5.82 Å². The van der Waals surface area contributed by atoms with Gasteiger partial charge < -0.3 is 10.2 Å². The molecule has 74 valence electrons. The predicted molar refractivity (Wildman–Crippen MR) is 53.9 cm³/mol. The number of fused-ring (bicyclic) bond motifs is 1. The molecule has 2 nitrogen and oxygen atoms in total. The molecule has 0 spiro atoms. The van der Waals surface area contributed by atoms with Gasteiger partial charge in [-0.05, 0) is 30.7 Å². The zero-order valence-electron chi connectivity index (χ0n) is 7.39. The van der Waals surface area contributed by atoms with Crippen LogP contribution in [0.3, 0.4) is 0 Å². The van der Waals surface area contributed by atoms with Crippen LogP contribution >= 0.6 is 11.6 Å². The maximum absolute atomic E-state index is 13.0. The Morgan fingerprint density at radius 1 is 1.43 bits per heavy atom. The van der Waals surface area contributed by atoms with E-state index in [4.69, 9.17) is 21.8 Å². The standard InChI is InChI=1S/C10H9ClFNO/c11-9-4-7(12)3-8-6(1-2-13)5-14-10(8)9/h3-5H,1-2,13H2. The third-order valence-corrected chi connectivity index (χ3v) is 2.37. The van der Waals surface area contributed by atoms with Crippen molar-refractivity contribution in [1.29, 1.82) is 0 Å². The van der Waals surface area contributed by atoms with Crippen molar-refractivity contribution < 1.29 is 8.81 Å². The molecule has 0 amide bonds. The van der Waals surface area contributed by atoms with Crippen LogP contribution in [0.5, 0.6) is 0 Å². The second-order valence-electron chi connectivity index (χ2n) is 3.06. The van der Waals surface area contributed by atoms with Gasteiger partial charge in [-0.15, -0.1) is 0 Å². The molecule has 0 bridgehead atoms. The van der Waals surface area contributed by atoms with Gasteiger partial charge in [0, 0.05) is 5.39 Å². The van der Waals surface area contributed by atoms with E-state index in [0.717, 1.165) is 5.56 Å². The molecule has 2 aromatic rings. The highest BCUT2D eigenvalue weighted by Crippen LogP contribution is 2.29. The van der Waals surface area contributed by atoms with Crippen LogP contribution in [0.4, 0.5) is 4.39 Å². The SMILES string of the molecule is NCCc1coc2c(Cl)cc(F)cc12. The lowest BCUT2D eigenvalue weighted by Crippen LogP contribution is -2.01. The van der Waals surface area contributed by atoms with Crippen LogP contribution in [-0.2, 0) is 6.42 Å². The highest BCUT2D eigenvalue weighted by atomic mass is 35.5. The molecule has 4 heteroatoms. The van der Waals surface area contributed by atoms with Crippen LogP contribution in [0, 0.1) is 5.82 Å². The zero-order valence-corrected chi connectivity index (χ0v) is 8.14. The van der Waals surface area contributed by atoms with Crippen LogP contribution in [-0.4, -0.2) is 6.54 Å². The van der Waals surface area contributed by atoms with Gasteiger partial charge in [0.15, 0.2) is 5.58 Å². The molecule has 1 aromatic carbocycles. The van der Waals surface area contributed by atoms with Gasteiger partial charge >= 0.3 is 0 Å². The first-order valence-corrected chi connectivity index (χ1v) is 4.65. The van der Waals surface area contributed by atoms with Gasteiger partial charge in [0.05, 0.1) is 11.3 Å². The number of hydrogen-bond acceptors (Lipinski definition) is 2. The number of hydrogen-bond donors (Lipinski definition) is 1. The molecular weight excluding hydrogens is 205 g/mol. The molecule has 0 atom stereocenters. The number of rotatable bonds is 2. The lowest BCUT2D eigenvalue weighted by molar-refractivity contribution is 0.606. The van der Waals surface area contributed by atoms with Gasteiger partial charge in [0.25, 0.3) is 0 Å². The summed E-state index contributed by atoms with van der Waals surface area (Å²) < 4.78 is 18.3. The lowest BCUT2D eigenvalue weighted by Gasteiger charge is -1.96. The fourth-order valence-electron chi connectivity index (χ4n) is 1.46. The molecule has 0 aliphatic heterocycles. The smallest absolute Gasteiger partial charge is 0.152 e. The molecule has 0 saturated heterocycles. The third-order valence-electron chi connectivity index (χ3n) is 2.09. The largest absolute Gasteiger partial charge is 0.462 e. The summed E-state index contributed by atoms with van der Waals surface area (Å²) in [4.78, 5) is 0. The van der Waals surface area contributed by atoms with E-state index in [1.807, 2.05) is 0 Å². The molecule has 0 aliphatic carbocycles. The van der Waals surface area contributed by atoms with Gasteiger partial charge in [-0.25, -0.2) is 4.39 Å². The fourth-order valence-corrected chi connectivity index (χ4v) is 1.71. The van der Waals surface area contributed by atoms with Crippen LogP contribution in [0.15, 0.2) is 22.8 Å². The van der Waals surface area contributed by atoms with E-state index in [0.29, 0.717) is 29.0 Å². The van der Waals surface area contributed by atoms with Crippen molar-refractivity contribution in [3.8, 4) is 0 Å². The number of nitrogens with two attached hydrogens (primary N) is 1. The molecule has 0 fully saturated rings. The average molecular weight is 214 g/mol. The van der Waals surface area contributed by atoms with Crippen molar-refractivity contribution in [1.82, 2.24) is 0 Å². The summed E-state index contributed by atoms with van der Waals surface area (Å²) in [6.45, 7) is 0.503. The first-order chi connectivity index (χ1) is 6.72. The van der Waals surface area contributed by atoms with E-state index in [9.17, 15) is 4.39 Å². The molecular formula is C10H9ClFNO. The molecule has 1 heterocycles. The Kier molecular flexibility index (Phi) is 2.44. The number of halogens is 2. The first-order valence-electron chi connectivity index (χ1n) is 4.27. The average Bonchev–Trinajstić information content (AvgIpc) is 2.49. The maximum atomic E-state index is 13.0. The monoisotopic (exact) mass is 213 g/mol. The van der Waals surface area contributed by atoms with E-state index < -0.39 is 0 Å². The zero-order chi connectivity index (χ0) is 10.1. The predicted octanol–water partition coefficient (Wildman–Crippen LogP) is 2.73. The summed E-state index contributed by atoms with van der Waals surface area (Å²) in [7, 11) is 0. The Bertz CT molecular complexity index is 466. The van der Waals surface area contributed by atoms with Crippen molar-refractivity contribution >= 4 is 22.6 Å². The normalized spacial score (nSPS) is 11.1. The van der Waals surface area contributed by atoms with Crippen LogP contribution < -0.4 is 5.73 Å². The molecule has 0 radical (unpaired) electrons. The van der Waals surface area contributed by atoms with Crippen molar-refractivity contribution in [3.05, 3.63) is 34.8 Å². The first kappa shape index (κ1) is 9.49. The van der Waals surface area contributed by atoms with Gasteiger partial charge in [0.2, 0.25) is 0 Å². The second-order valence-corrected chi connectivity index (χ2v) is 3.47. The summed E-state index contributed by atoms with van der Waals surface area (Å²) in [6.07, 6.45) is 2.23. The topological polar surface area (TPSA) is 39.2 Å². The van der Waals surface area contributed by atoms with Crippen LogP contribution in [0.1, 0.15) is 5.56 Å². The third kappa shape index (κ3) is 1.49. The summed E-state index contributed by atoms with van der Waals surface area (Å²) in [5.41, 5.74) is 6.84. The van der Waals surface area contributed by atoms with Gasteiger partial charge in [-0.3, -0.25) is 0 Å². The quantitative estimate of drug-likeness (QED) is 0.833. The molecule has 0 unspecified atom stereocenters. The van der Waals surface area contributed by atoms with E-state index in [1.54, 1.807) is 6.26 Å². The minimum atomic E-state index is -0.359. The highest BCUT2D eigenvalue weighted by Gasteiger charge is 2.10. The molecule has 1 aromatic heterocycles. The number of furan rings is 1.